The minimum Gasteiger partial charge on any atom is -0.333 e. The zero-order valence-corrected chi connectivity index (χ0v) is 10.9. The highest BCUT2D eigenvalue weighted by Gasteiger charge is 2.31. The molecule has 18 heavy (non-hydrogen) atoms. The van der Waals surface area contributed by atoms with Crippen LogP contribution in [0.25, 0.3) is 0 Å². The maximum atomic E-state index is 11.9. The van der Waals surface area contributed by atoms with Crippen LogP contribution in [0.3, 0.4) is 0 Å². The van der Waals surface area contributed by atoms with Crippen LogP contribution in [0.15, 0.2) is 12.2 Å². The number of carbonyl (C=O) groups excluding carboxylic acids is 2. The second-order valence-corrected chi connectivity index (χ2v) is 5.02. The maximum Gasteiger partial charge on any atom is 0.312 e. The molecule has 2 aliphatic rings. The molecule has 1 N–H and O–H groups in total. The number of hydrogen-bond donors (Lipinski definition) is 1. The maximum absolute atomic E-state index is 11.9. The topological polar surface area (TPSA) is 52.6 Å². The van der Waals surface area contributed by atoms with Crippen LogP contribution >= 0.6 is 0 Å². The van der Waals surface area contributed by atoms with Crippen LogP contribution < -0.4 is 5.32 Å². The minimum absolute atomic E-state index is 0.383. The number of nitrogens with zero attached hydrogens (tertiary/aromatic N) is 2. The first-order valence-electron chi connectivity index (χ1n) is 6.60. The molecule has 1 aliphatic heterocycles. The fourth-order valence-corrected chi connectivity index (χ4v) is 2.07. The van der Waals surface area contributed by atoms with Gasteiger partial charge in [-0.3, -0.25) is 9.59 Å². The summed E-state index contributed by atoms with van der Waals surface area (Å²) in [6, 6.07) is 0.635. The zero-order valence-electron chi connectivity index (χ0n) is 10.9. The molecule has 0 radical (unpaired) electrons. The largest absolute Gasteiger partial charge is 0.333 e. The lowest BCUT2D eigenvalue weighted by atomic mass is 10.2. The van der Waals surface area contributed by atoms with Crippen LogP contribution in [0.1, 0.15) is 19.8 Å². The van der Waals surface area contributed by atoms with Gasteiger partial charge in [0.1, 0.15) is 0 Å². The van der Waals surface area contributed by atoms with E-state index in [-0.39, 0.29) is 5.91 Å². The number of carbonyl (C=O) groups is 2. The van der Waals surface area contributed by atoms with Gasteiger partial charge in [0.15, 0.2) is 0 Å². The molecule has 2 fully saturated rings. The second kappa shape index (κ2) is 5.52. The second-order valence-electron chi connectivity index (χ2n) is 5.02. The van der Waals surface area contributed by atoms with Gasteiger partial charge in [0, 0.05) is 38.8 Å². The molecule has 0 aromatic heterocycles. The molecule has 0 spiro atoms. The third-order valence-electron chi connectivity index (χ3n) is 3.41. The van der Waals surface area contributed by atoms with Crippen LogP contribution in [0.2, 0.25) is 0 Å². The SMILES string of the molecule is C=C(CNC1CC1)CN1CCN(CC)C(=O)C1=O. The molecule has 5 heteroatoms. The molecule has 0 atom stereocenters. The molecule has 0 aromatic rings. The van der Waals surface area contributed by atoms with Gasteiger partial charge in [-0.25, -0.2) is 0 Å². The number of nitrogens with one attached hydrogen (secondary N) is 1. The number of amides is 2. The molecule has 100 valence electrons. The molecule has 2 amide bonds. The molecular weight excluding hydrogens is 230 g/mol. The Hall–Kier alpha value is -1.36. The third kappa shape index (κ3) is 3.10. The molecule has 0 bridgehead atoms. The van der Waals surface area contributed by atoms with Crippen LogP contribution in [0, 0.1) is 0 Å². The summed E-state index contributed by atoms with van der Waals surface area (Å²) in [4.78, 5) is 26.8. The fourth-order valence-electron chi connectivity index (χ4n) is 2.07. The summed E-state index contributed by atoms with van der Waals surface area (Å²) in [5.74, 6) is -0.776. The summed E-state index contributed by atoms with van der Waals surface area (Å²) in [5, 5.41) is 3.36. The van der Waals surface area contributed by atoms with Crippen LogP contribution in [0.5, 0.6) is 0 Å². The van der Waals surface area contributed by atoms with E-state index in [0.29, 0.717) is 32.2 Å². The van der Waals surface area contributed by atoms with E-state index < -0.39 is 5.91 Å². The first kappa shape index (κ1) is 13.1. The van der Waals surface area contributed by atoms with Gasteiger partial charge in [-0.2, -0.15) is 0 Å². The number of rotatable bonds is 6. The van der Waals surface area contributed by atoms with Crippen molar-refractivity contribution in [2.24, 2.45) is 0 Å². The Morgan fingerprint density at radius 3 is 2.50 bits per heavy atom. The first-order valence-corrected chi connectivity index (χ1v) is 6.60. The lowest BCUT2D eigenvalue weighted by Crippen LogP contribution is -2.54. The molecule has 1 heterocycles. The zero-order chi connectivity index (χ0) is 13.1. The molecule has 0 unspecified atom stereocenters. The van der Waals surface area contributed by atoms with Gasteiger partial charge in [0.25, 0.3) is 0 Å². The summed E-state index contributed by atoms with van der Waals surface area (Å²) in [6.07, 6.45) is 2.47. The van der Waals surface area contributed by atoms with Crippen molar-refractivity contribution in [2.75, 3.05) is 32.7 Å². The van der Waals surface area contributed by atoms with Gasteiger partial charge in [0.05, 0.1) is 0 Å². The monoisotopic (exact) mass is 251 g/mol. The highest BCUT2D eigenvalue weighted by Crippen LogP contribution is 2.18. The van der Waals surface area contributed by atoms with E-state index in [4.69, 9.17) is 0 Å². The van der Waals surface area contributed by atoms with Crippen LogP contribution in [0.4, 0.5) is 0 Å². The van der Waals surface area contributed by atoms with Crippen molar-refractivity contribution < 1.29 is 9.59 Å². The Balaban J connectivity index is 1.79. The van der Waals surface area contributed by atoms with Crippen molar-refractivity contribution in [3.05, 3.63) is 12.2 Å². The Morgan fingerprint density at radius 2 is 1.89 bits per heavy atom. The smallest absolute Gasteiger partial charge is 0.312 e. The average molecular weight is 251 g/mol. The van der Waals surface area contributed by atoms with Crippen LogP contribution in [-0.2, 0) is 9.59 Å². The summed E-state index contributed by atoms with van der Waals surface area (Å²) >= 11 is 0. The number of piperazine rings is 1. The van der Waals surface area contributed by atoms with Crippen molar-refractivity contribution in [3.8, 4) is 0 Å². The summed E-state index contributed by atoms with van der Waals surface area (Å²) in [7, 11) is 0. The van der Waals surface area contributed by atoms with Crippen molar-refractivity contribution in [3.63, 3.8) is 0 Å². The average Bonchev–Trinajstić information content (AvgIpc) is 3.17. The predicted octanol–water partition coefficient (Wildman–Crippen LogP) is -0.0147. The summed E-state index contributed by atoms with van der Waals surface area (Å²) in [6.45, 7) is 8.92. The van der Waals surface area contributed by atoms with Crippen LogP contribution in [-0.4, -0.2) is 60.4 Å². The lowest BCUT2D eigenvalue weighted by Gasteiger charge is -2.33. The van der Waals surface area contributed by atoms with E-state index in [1.807, 2.05) is 6.92 Å². The first-order chi connectivity index (χ1) is 8.61. The molecule has 2 rings (SSSR count). The highest BCUT2D eigenvalue weighted by molar-refractivity contribution is 6.35. The molecule has 1 aliphatic carbocycles. The lowest BCUT2D eigenvalue weighted by molar-refractivity contribution is -0.155. The number of likely N-dealkylation sites (N-methyl/N-ethyl adjacent to an activating group) is 1. The van der Waals surface area contributed by atoms with Gasteiger partial charge >= 0.3 is 11.8 Å². The quantitative estimate of drug-likeness (QED) is 0.533. The fraction of sp³-hybridized carbons (Fsp3) is 0.692. The predicted molar refractivity (Wildman–Crippen MR) is 69.0 cm³/mol. The molecule has 1 saturated heterocycles. The van der Waals surface area contributed by atoms with Crippen molar-refractivity contribution in [1.82, 2.24) is 15.1 Å². The molecule has 5 nitrogen and oxygen atoms in total. The van der Waals surface area contributed by atoms with E-state index in [1.165, 1.54) is 12.8 Å². The standard InChI is InChI=1S/C13H21N3O2/c1-3-15-6-7-16(13(18)12(15)17)9-10(2)8-14-11-4-5-11/h11,14H,2-9H2,1H3. The minimum atomic E-state index is -0.393. The van der Waals surface area contributed by atoms with Crippen molar-refractivity contribution >= 4 is 11.8 Å². The van der Waals surface area contributed by atoms with E-state index in [1.54, 1.807) is 9.80 Å². The van der Waals surface area contributed by atoms with E-state index in [9.17, 15) is 9.59 Å². The van der Waals surface area contributed by atoms with Gasteiger partial charge in [0.2, 0.25) is 0 Å². The van der Waals surface area contributed by atoms with Gasteiger partial charge in [-0.1, -0.05) is 6.58 Å². The van der Waals surface area contributed by atoms with Gasteiger partial charge in [-0.15, -0.1) is 0 Å². The molecule has 0 aromatic carbocycles. The Bertz CT molecular complexity index is 363. The van der Waals surface area contributed by atoms with Crippen molar-refractivity contribution in [2.45, 2.75) is 25.8 Å². The van der Waals surface area contributed by atoms with Gasteiger partial charge in [-0.05, 0) is 25.3 Å². The van der Waals surface area contributed by atoms with Gasteiger partial charge < -0.3 is 15.1 Å². The van der Waals surface area contributed by atoms with E-state index in [0.717, 1.165) is 12.1 Å². The van der Waals surface area contributed by atoms with E-state index >= 15 is 0 Å². The summed E-state index contributed by atoms with van der Waals surface area (Å²) < 4.78 is 0. The normalized spacial score (nSPS) is 20.5. The highest BCUT2D eigenvalue weighted by atomic mass is 16.2. The van der Waals surface area contributed by atoms with Crippen molar-refractivity contribution in [1.29, 1.82) is 0 Å². The Kier molecular flexibility index (Phi) is 4.01. The molecule has 1 saturated carbocycles. The number of hydrogen-bond acceptors (Lipinski definition) is 3. The molecular formula is C13H21N3O2. The Labute approximate surface area is 108 Å². The Morgan fingerprint density at radius 1 is 1.28 bits per heavy atom. The van der Waals surface area contributed by atoms with E-state index in [2.05, 4.69) is 11.9 Å². The third-order valence-corrected chi connectivity index (χ3v) is 3.41. The summed E-state index contributed by atoms with van der Waals surface area (Å²) in [5.41, 5.74) is 0.966.